The standard InChI is InChI=1S/C14H11FN2O4/c15-12-3-1-2-4-13(12)16-14(18)9-21-11-7-5-10(6-8-11)17(19)20/h1-8H,9H2,(H,16,18). The number of halogens is 1. The third-order valence-corrected chi connectivity index (χ3v) is 2.57. The molecule has 0 bridgehead atoms. The van der Waals surface area contributed by atoms with Gasteiger partial charge in [0.2, 0.25) is 0 Å². The molecule has 0 spiro atoms. The zero-order valence-corrected chi connectivity index (χ0v) is 10.8. The lowest BCUT2D eigenvalue weighted by molar-refractivity contribution is -0.384. The zero-order chi connectivity index (χ0) is 15.2. The number of nitro groups is 1. The van der Waals surface area contributed by atoms with Crippen molar-refractivity contribution >= 4 is 17.3 Å². The number of amides is 1. The van der Waals surface area contributed by atoms with Crippen molar-refractivity contribution in [2.45, 2.75) is 0 Å². The van der Waals surface area contributed by atoms with E-state index in [0.29, 0.717) is 5.75 Å². The number of carbonyl (C=O) groups excluding carboxylic acids is 1. The molecule has 0 aliphatic heterocycles. The first-order chi connectivity index (χ1) is 10.1. The highest BCUT2D eigenvalue weighted by atomic mass is 19.1. The molecular weight excluding hydrogens is 279 g/mol. The van der Waals surface area contributed by atoms with E-state index in [-0.39, 0.29) is 18.0 Å². The van der Waals surface area contributed by atoms with Gasteiger partial charge in [-0.05, 0) is 24.3 Å². The largest absolute Gasteiger partial charge is 0.484 e. The molecule has 1 amide bonds. The molecule has 6 nitrogen and oxygen atoms in total. The number of non-ortho nitro benzene ring substituents is 1. The van der Waals surface area contributed by atoms with Gasteiger partial charge in [-0.15, -0.1) is 0 Å². The molecule has 0 aliphatic carbocycles. The molecule has 0 aromatic heterocycles. The number of hydrogen-bond acceptors (Lipinski definition) is 4. The highest BCUT2D eigenvalue weighted by molar-refractivity contribution is 5.91. The number of ether oxygens (including phenoxy) is 1. The topological polar surface area (TPSA) is 81.5 Å². The van der Waals surface area contributed by atoms with Gasteiger partial charge in [0.1, 0.15) is 11.6 Å². The lowest BCUT2D eigenvalue weighted by Gasteiger charge is -2.07. The molecule has 0 aliphatic rings. The average Bonchev–Trinajstić information content (AvgIpc) is 2.48. The second kappa shape index (κ2) is 6.47. The molecule has 7 heteroatoms. The fourth-order valence-corrected chi connectivity index (χ4v) is 1.56. The lowest BCUT2D eigenvalue weighted by Crippen LogP contribution is -2.20. The number of para-hydroxylation sites is 1. The van der Waals surface area contributed by atoms with Crippen molar-refractivity contribution in [3.8, 4) is 5.75 Å². The Hall–Kier alpha value is -2.96. The molecule has 0 atom stereocenters. The second-order valence-corrected chi connectivity index (χ2v) is 4.07. The van der Waals surface area contributed by atoms with Gasteiger partial charge in [-0.2, -0.15) is 0 Å². The molecule has 0 saturated heterocycles. The second-order valence-electron chi connectivity index (χ2n) is 4.07. The molecule has 0 saturated carbocycles. The third-order valence-electron chi connectivity index (χ3n) is 2.57. The van der Waals surface area contributed by atoms with Crippen molar-refractivity contribution in [2.24, 2.45) is 0 Å². The van der Waals surface area contributed by atoms with Crippen LogP contribution in [-0.2, 0) is 4.79 Å². The van der Waals surface area contributed by atoms with Crippen LogP contribution in [0.3, 0.4) is 0 Å². The van der Waals surface area contributed by atoms with E-state index in [0.717, 1.165) is 0 Å². The summed E-state index contributed by atoms with van der Waals surface area (Å²) in [6.45, 7) is -0.327. The predicted octanol–water partition coefficient (Wildman–Crippen LogP) is 2.75. The Morgan fingerprint density at radius 1 is 1.19 bits per heavy atom. The summed E-state index contributed by atoms with van der Waals surface area (Å²) in [5.41, 5.74) is -0.00652. The number of hydrogen-bond donors (Lipinski definition) is 1. The first kappa shape index (κ1) is 14.4. The van der Waals surface area contributed by atoms with Gasteiger partial charge >= 0.3 is 0 Å². The number of nitro benzene ring substituents is 1. The van der Waals surface area contributed by atoms with E-state index in [1.807, 2.05) is 0 Å². The summed E-state index contributed by atoms with van der Waals surface area (Å²) in [6, 6.07) is 11.1. The van der Waals surface area contributed by atoms with Gasteiger partial charge in [0.15, 0.2) is 6.61 Å². The Morgan fingerprint density at radius 3 is 2.48 bits per heavy atom. The van der Waals surface area contributed by atoms with Gasteiger partial charge in [0.25, 0.3) is 11.6 Å². The summed E-state index contributed by atoms with van der Waals surface area (Å²) in [5.74, 6) is -0.760. The molecule has 0 fully saturated rings. The molecule has 2 aromatic carbocycles. The zero-order valence-electron chi connectivity index (χ0n) is 10.8. The number of nitrogens with zero attached hydrogens (tertiary/aromatic N) is 1. The third kappa shape index (κ3) is 4.00. The highest BCUT2D eigenvalue weighted by Crippen LogP contribution is 2.17. The Bertz CT molecular complexity index is 658. The van der Waals surface area contributed by atoms with E-state index in [4.69, 9.17) is 4.74 Å². The summed E-state index contributed by atoms with van der Waals surface area (Å²) in [7, 11) is 0. The summed E-state index contributed by atoms with van der Waals surface area (Å²) < 4.78 is 18.5. The summed E-state index contributed by atoms with van der Waals surface area (Å²) >= 11 is 0. The van der Waals surface area contributed by atoms with Crippen molar-refractivity contribution < 1.29 is 18.8 Å². The maximum Gasteiger partial charge on any atom is 0.269 e. The van der Waals surface area contributed by atoms with E-state index >= 15 is 0 Å². The van der Waals surface area contributed by atoms with Gasteiger partial charge in [-0.25, -0.2) is 4.39 Å². The fourth-order valence-electron chi connectivity index (χ4n) is 1.56. The van der Waals surface area contributed by atoms with Crippen LogP contribution in [0, 0.1) is 15.9 Å². The van der Waals surface area contributed by atoms with Gasteiger partial charge in [0.05, 0.1) is 10.6 Å². The van der Waals surface area contributed by atoms with Crippen LogP contribution < -0.4 is 10.1 Å². The number of rotatable bonds is 5. The minimum Gasteiger partial charge on any atom is -0.484 e. The van der Waals surface area contributed by atoms with Crippen molar-refractivity contribution in [1.82, 2.24) is 0 Å². The Morgan fingerprint density at radius 2 is 1.86 bits per heavy atom. The Labute approximate surface area is 119 Å². The monoisotopic (exact) mass is 290 g/mol. The maximum absolute atomic E-state index is 13.3. The van der Waals surface area contributed by atoms with Gasteiger partial charge in [-0.3, -0.25) is 14.9 Å². The van der Waals surface area contributed by atoms with Crippen LogP contribution in [-0.4, -0.2) is 17.4 Å². The van der Waals surface area contributed by atoms with Crippen molar-refractivity contribution in [3.05, 3.63) is 64.5 Å². The summed E-state index contributed by atoms with van der Waals surface area (Å²) in [4.78, 5) is 21.5. The minimum atomic E-state index is -0.541. The van der Waals surface area contributed by atoms with Crippen LogP contribution >= 0.6 is 0 Å². The van der Waals surface area contributed by atoms with Crippen LogP contribution in [0.2, 0.25) is 0 Å². The fraction of sp³-hybridized carbons (Fsp3) is 0.0714. The van der Waals surface area contributed by atoms with Crippen LogP contribution in [0.25, 0.3) is 0 Å². The maximum atomic E-state index is 13.3. The van der Waals surface area contributed by atoms with E-state index < -0.39 is 16.6 Å². The lowest BCUT2D eigenvalue weighted by atomic mass is 10.3. The smallest absolute Gasteiger partial charge is 0.269 e. The van der Waals surface area contributed by atoms with E-state index in [2.05, 4.69) is 5.32 Å². The van der Waals surface area contributed by atoms with E-state index in [1.165, 1.54) is 42.5 Å². The van der Waals surface area contributed by atoms with Crippen LogP contribution in [0.15, 0.2) is 48.5 Å². The molecule has 0 radical (unpaired) electrons. The number of nitrogens with one attached hydrogen (secondary N) is 1. The van der Waals surface area contributed by atoms with Crippen LogP contribution in [0.5, 0.6) is 5.75 Å². The Kier molecular flexibility index (Phi) is 4.45. The van der Waals surface area contributed by atoms with Crippen LogP contribution in [0.1, 0.15) is 0 Å². The summed E-state index contributed by atoms with van der Waals surface area (Å²) in [6.07, 6.45) is 0. The van der Waals surface area contributed by atoms with Gasteiger partial charge in [0, 0.05) is 12.1 Å². The first-order valence-corrected chi connectivity index (χ1v) is 5.98. The molecule has 2 aromatic rings. The average molecular weight is 290 g/mol. The van der Waals surface area contributed by atoms with E-state index in [9.17, 15) is 19.3 Å². The number of benzene rings is 2. The van der Waals surface area contributed by atoms with Crippen LogP contribution in [0.4, 0.5) is 15.8 Å². The SMILES string of the molecule is O=C(COc1ccc([N+](=O)[O-])cc1)Nc1ccccc1F. The van der Waals surface area contributed by atoms with Crippen molar-refractivity contribution in [1.29, 1.82) is 0 Å². The molecule has 0 unspecified atom stereocenters. The van der Waals surface area contributed by atoms with E-state index in [1.54, 1.807) is 6.07 Å². The molecule has 108 valence electrons. The molecule has 1 N–H and O–H groups in total. The predicted molar refractivity (Wildman–Crippen MR) is 73.6 cm³/mol. The van der Waals surface area contributed by atoms with Crippen molar-refractivity contribution in [3.63, 3.8) is 0 Å². The van der Waals surface area contributed by atoms with Gasteiger partial charge in [-0.1, -0.05) is 12.1 Å². The molecule has 21 heavy (non-hydrogen) atoms. The quantitative estimate of drug-likeness (QED) is 0.678. The van der Waals surface area contributed by atoms with Gasteiger partial charge < -0.3 is 10.1 Å². The highest BCUT2D eigenvalue weighted by Gasteiger charge is 2.08. The number of anilines is 1. The molecule has 2 rings (SSSR count). The summed E-state index contributed by atoms with van der Waals surface area (Å²) in [5, 5.41) is 12.8. The Balaban J connectivity index is 1.89. The molecule has 0 heterocycles. The molecular formula is C14H11FN2O4. The minimum absolute atomic E-state index is 0.0646. The first-order valence-electron chi connectivity index (χ1n) is 5.98. The van der Waals surface area contributed by atoms with Crippen molar-refractivity contribution in [2.75, 3.05) is 11.9 Å². The number of carbonyl (C=O) groups is 1. The normalized spacial score (nSPS) is 9.95.